The maximum absolute atomic E-state index is 12.2. The Morgan fingerprint density at radius 3 is 2.59 bits per heavy atom. The first-order valence-electron chi connectivity index (χ1n) is 7.95. The van der Waals surface area contributed by atoms with Crippen LogP contribution in [0.5, 0.6) is 0 Å². The van der Waals surface area contributed by atoms with Crippen molar-refractivity contribution in [1.29, 1.82) is 0 Å². The van der Waals surface area contributed by atoms with Crippen LogP contribution in [0.4, 0.5) is 5.82 Å². The van der Waals surface area contributed by atoms with Gasteiger partial charge in [0.1, 0.15) is 5.69 Å². The lowest BCUT2D eigenvalue weighted by atomic mass is 10.2. The number of carbonyl (C=O) groups is 2. The average Bonchev–Trinajstić information content (AvgIpc) is 3.22. The second kappa shape index (κ2) is 8.49. The topological polar surface area (TPSA) is 102 Å². The number of hydrogen-bond donors (Lipinski definition) is 2. The Labute approximate surface area is 171 Å². The van der Waals surface area contributed by atoms with E-state index < -0.39 is 5.97 Å². The minimum absolute atomic E-state index is 0.0442. The van der Waals surface area contributed by atoms with Crippen molar-refractivity contribution in [3.8, 4) is 0 Å². The summed E-state index contributed by atoms with van der Waals surface area (Å²) >= 11 is 6.79. The number of aryl methyl sites for hydroxylation is 1. The second-order valence-corrected chi connectivity index (χ2v) is 7.46. The summed E-state index contributed by atoms with van der Waals surface area (Å²) in [7, 11) is 0. The van der Waals surface area contributed by atoms with Crippen LogP contribution < -0.4 is 5.32 Å². The molecule has 0 aliphatic carbocycles. The van der Waals surface area contributed by atoms with Gasteiger partial charge in [0.05, 0.1) is 17.6 Å². The number of halogens is 2. The van der Waals surface area contributed by atoms with E-state index in [9.17, 15) is 9.59 Å². The third kappa shape index (κ3) is 5.04. The Morgan fingerprint density at radius 2 is 1.89 bits per heavy atom. The van der Waals surface area contributed by atoms with Crippen LogP contribution in [0.2, 0.25) is 0 Å². The minimum atomic E-state index is -1.08. The van der Waals surface area contributed by atoms with Crippen molar-refractivity contribution in [3.63, 3.8) is 0 Å². The Morgan fingerprint density at radius 1 is 1.15 bits per heavy atom. The highest BCUT2D eigenvalue weighted by Crippen LogP contribution is 2.21. The zero-order chi connectivity index (χ0) is 19.4. The average molecular weight is 497 g/mol. The van der Waals surface area contributed by atoms with Gasteiger partial charge in [0, 0.05) is 23.3 Å². The van der Waals surface area contributed by atoms with Crippen molar-refractivity contribution in [2.75, 3.05) is 5.32 Å². The first-order chi connectivity index (χ1) is 12.9. The van der Waals surface area contributed by atoms with Crippen LogP contribution in [0.3, 0.4) is 0 Å². The molecule has 8 nitrogen and oxygen atoms in total. The van der Waals surface area contributed by atoms with Gasteiger partial charge in [-0.1, -0.05) is 28.1 Å². The fraction of sp³-hybridized carbons (Fsp3) is 0.176. The first kappa shape index (κ1) is 19.3. The first-order valence-corrected chi connectivity index (χ1v) is 9.53. The summed E-state index contributed by atoms with van der Waals surface area (Å²) in [4.78, 5) is 23.2. The maximum atomic E-state index is 12.2. The number of amides is 1. The van der Waals surface area contributed by atoms with Crippen LogP contribution in [0.15, 0.2) is 51.7 Å². The van der Waals surface area contributed by atoms with Crippen LogP contribution in [0.1, 0.15) is 22.5 Å². The van der Waals surface area contributed by atoms with Gasteiger partial charge in [0.2, 0.25) is 5.91 Å². The molecule has 0 radical (unpaired) electrons. The number of carboxylic acids is 1. The van der Waals surface area contributed by atoms with E-state index in [1.165, 1.54) is 16.9 Å². The number of carboxylic acid groups (broad SMARTS) is 1. The summed E-state index contributed by atoms with van der Waals surface area (Å²) in [5.41, 5.74) is 1.12. The molecule has 140 valence electrons. The molecule has 3 rings (SSSR count). The van der Waals surface area contributed by atoms with Crippen molar-refractivity contribution >= 4 is 49.6 Å². The molecule has 0 fully saturated rings. The number of aromatic carboxylic acids is 1. The summed E-state index contributed by atoms with van der Waals surface area (Å²) < 4.78 is 4.67. The zero-order valence-corrected chi connectivity index (χ0v) is 17.1. The molecule has 0 aliphatic rings. The van der Waals surface area contributed by atoms with E-state index in [0.717, 1.165) is 10.0 Å². The number of rotatable bonds is 7. The number of nitrogens with one attached hydrogen (secondary N) is 1. The van der Waals surface area contributed by atoms with E-state index >= 15 is 0 Å². The number of nitrogens with zero attached hydrogens (tertiary/aromatic N) is 4. The molecule has 0 spiro atoms. The van der Waals surface area contributed by atoms with Gasteiger partial charge in [-0.15, -0.1) is 0 Å². The van der Waals surface area contributed by atoms with Gasteiger partial charge < -0.3 is 10.4 Å². The van der Waals surface area contributed by atoms with Gasteiger partial charge in [-0.2, -0.15) is 10.2 Å². The van der Waals surface area contributed by atoms with Crippen molar-refractivity contribution in [3.05, 3.63) is 62.9 Å². The van der Waals surface area contributed by atoms with Crippen molar-refractivity contribution in [2.45, 2.75) is 19.5 Å². The highest BCUT2D eigenvalue weighted by atomic mass is 79.9. The smallest absolute Gasteiger partial charge is 0.354 e. The van der Waals surface area contributed by atoms with Gasteiger partial charge in [0.25, 0.3) is 0 Å². The van der Waals surface area contributed by atoms with E-state index in [4.69, 9.17) is 5.11 Å². The Kier molecular flexibility index (Phi) is 6.07. The fourth-order valence-electron chi connectivity index (χ4n) is 2.43. The van der Waals surface area contributed by atoms with Crippen molar-refractivity contribution in [2.24, 2.45) is 0 Å². The minimum Gasteiger partial charge on any atom is -0.477 e. The predicted molar refractivity (Wildman–Crippen MR) is 106 cm³/mol. The summed E-state index contributed by atoms with van der Waals surface area (Å²) in [6.07, 6.45) is 3.25. The maximum Gasteiger partial charge on any atom is 0.354 e. The molecule has 0 aliphatic heterocycles. The molecule has 0 saturated heterocycles. The van der Waals surface area contributed by atoms with Gasteiger partial charge in [-0.05, 0) is 39.7 Å². The van der Waals surface area contributed by atoms with Gasteiger partial charge in [-0.25, -0.2) is 4.79 Å². The Bertz CT molecular complexity index is 965. The zero-order valence-electron chi connectivity index (χ0n) is 14.0. The molecule has 0 atom stereocenters. The van der Waals surface area contributed by atoms with Gasteiger partial charge in [0.15, 0.2) is 5.82 Å². The summed E-state index contributed by atoms with van der Waals surface area (Å²) in [5.74, 6) is -0.949. The molecule has 10 heteroatoms. The monoisotopic (exact) mass is 495 g/mol. The van der Waals surface area contributed by atoms with Gasteiger partial charge in [-0.3, -0.25) is 14.2 Å². The molecular formula is C17H15Br2N5O3. The number of benzene rings is 1. The largest absolute Gasteiger partial charge is 0.477 e. The lowest BCUT2D eigenvalue weighted by molar-refractivity contribution is -0.116. The van der Waals surface area contributed by atoms with Crippen molar-refractivity contribution in [1.82, 2.24) is 19.6 Å². The quantitative estimate of drug-likeness (QED) is 0.522. The lowest BCUT2D eigenvalue weighted by Crippen LogP contribution is -2.18. The van der Waals surface area contributed by atoms with E-state index in [0.29, 0.717) is 16.8 Å². The van der Waals surface area contributed by atoms with Crippen LogP contribution in [-0.2, 0) is 17.9 Å². The SMILES string of the molecule is O=C(CCn1nccc1C(=O)O)Nc1nn(Cc2ccc(Br)cc2)cc1Br. The van der Waals surface area contributed by atoms with Gasteiger partial charge >= 0.3 is 5.97 Å². The number of aromatic nitrogens is 4. The van der Waals surface area contributed by atoms with Crippen LogP contribution in [0.25, 0.3) is 0 Å². The Hall–Kier alpha value is -2.46. The number of carbonyl (C=O) groups excluding carboxylic acids is 1. The summed E-state index contributed by atoms with van der Waals surface area (Å²) in [6, 6.07) is 9.28. The van der Waals surface area contributed by atoms with E-state index in [-0.39, 0.29) is 24.6 Å². The molecule has 2 N–H and O–H groups in total. The van der Waals surface area contributed by atoms with Crippen molar-refractivity contribution < 1.29 is 14.7 Å². The molecule has 0 unspecified atom stereocenters. The molecule has 1 amide bonds. The van der Waals surface area contributed by atoms with E-state index in [2.05, 4.69) is 47.4 Å². The Balaban J connectivity index is 1.59. The van der Waals surface area contributed by atoms with Crippen LogP contribution in [-0.4, -0.2) is 36.5 Å². The highest BCUT2D eigenvalue weighted by molar-refractivity contribution is 9.10. The third-order valence-electron chi connectivity index (χ3n) is 3.72. The second-order valence-electron chi connectivity index (χ2n) is 5.69. The normalized spacial score (nSPS) is 10.7. The number of anilines is 1. The van der Waals surface area contributed by atoms with E-state index in [1.54, 1.807) is 10.9 Å². The highest BCUT2D eigenvalue weighted by Gasteiger charge is 2.14. The molecule has 0 bridgehead atoms. The molecule has 2 aromatic heterocycles. The third-order valence-corrected chi connectivity index (χ3v) is 4.83. The van der Waals surface area contributed by atoms with Crippen LogP contribution in [0, 0.1) is 0 Å². The summed E-state index contributed by atoms with van der Waals surface area (Å²) in [6.45, 7) is 0.731. The molecule has 2 heterocycles. The molecule has 1 aromatic carbocycles. The molecule has 27 heavy (non-hydrogen) atoms. The molecule has 3 aromatic rings. The predicted octanol–water partition coefficient (Wildman–Crippen LogP) is 3.38. The van der Waals surface area contributed by atoms with E-state index in [1.807, 2.05) is 24.3 Å². The fourth-order valence-corrected chi connectivity index (χ4v) is 3.11. The van der Waals surface area contributed by atoms with Crippen LogP contribution >= 0.6 is 31.9 Å². The molecule has 0 saturated carbocycles. The molecular weight excluding hydrogens is 482 g/mol. The summed E-state index contributed by atoms with van der Waals surface area (Å²) in [5, 5.41) is 20.1. The number of hydrogen-bond acceptors (Lipinski definition) is 4. The lowest BCUT2D eigenvalue weighted by Gasteiger charge is -2.05. The standard InChI is InChI=1S/C17H15Br2N5O3/c18-12-3-1-11(2-4-12)9-23-10-13(19)16(22-23)21-15(25)6-8-24-14(17(26)27)5-7-20-24/h1-5,7,10H,6,8-9H2,(H,26,27)(H,21,22,25).